The maximum absolute atomic E-state index is 11.9. The normalized spacial score (nSPS) is 10.8. The molecule has 3 rings (SSSR count). The zero-order chi connectivity index (χ0) is 17.1. The highest BCUT2D eigenvalue weighted by atomic mass is 79.9. The highest BCUT2D eigenvalue weighted by molar-refractivity contribution is 9.10. The minimum atomic E-state index is -0.270. The molecule has 0 spiro atoms. The molecular weight excluding hydrogens is 419 g/mol. The molecule has 2 aromatic heterocycles. The van der Waals surface area contributed by atoms with Crippen molar-refractivity contribution in [2.45, 2.75) is 13.1 Å². The summed E-state index contributed by atoms with van der Waals surface area (Å²) in [5.74, 6) is -0.0517. The Labute approximate surface area is 155 Å². The Morgan fingerprint density at radius 1 is 1.29 bits per heavy atom. The number of hydrogen-bond donors (Lipinski definition) is 1. The molecule has 0 atom stereocenters. The van der Waals surface area contributed by atoms with E-state index in [9.17, 15) is 4.79 Å². The third kappa shape index (κ3) is 4.34. The standard InChI is InChI=1S/C14H11BrCl2N6O/c15-10-4-19-22(6-10)7-13(24)20-14-18-8-23(21-14)5-9-1-2-11(16)3-12(9)17/h1-4,6,8H,5,7H2,(H,20,21,24). The first kappa shape index (κ1) is 16.9. The maximum Gasteiger partial charge on any atom is 0.248 e. The van der Waals surface area contributed by atoms with Gasteiger partial charge in [0.25, 0.3) is 0 Å². The minimum Gasteiger partial charge on any atom is -0.292 e. The third-order valence-electron chi connectivity index (χ3n) is 3.04. The number of aromatic nitrogens is 5. The minimum absolute atomic E-state index is 0.0726. The summed E-state index contributed by atoms with van der Waals surface area (Å²) in [6, 6.07) is 5.24. The Morgan fingerprint density at radius 2 is 2.12 bits per heavy atom. The van der Waals surface area contributed by atoms with E-state index in [0.29, 0.717) is 16.6 Å². The molecule has 0 aliphatic rings. The van der Waals surface area contributed by atoms with Crippen LogP contribution < -0.4 is 5.32 Å². The summed E-state index contributed by atoms with van der Waals surface area (Å²) in [6.45, 7) is 0.494. The van der Waals surface area contributed by atoms with Gasteiger partial charge in [-0.25, -0.2) is 9.67 Å². The van der Waals surface area contributed by atoms with Gasteiger partial charge in [0.05, 0.1) is 17.2 Å². The van der Waals surface area contributed by atoms with E-state index in [1.165, 1.54) is 11.0 Å². The van der Waals surface area contributed by atoms with Gasteiger partial charge in [0.15, 0.2) is 0 Å². The lowest BCUT2D eigenvalue weighted by atomic mass is 10.2. The first-order valence-corrected chi connectivity index (χ1v) is 8.35. The van der Waals surface area contributed by atoms with Crippen LogP contribution in [0.5, 0.6) is 0 Å². The number of halogens is 3. The lowest BCUT2D eigenvalue weighted by Gasteiger charge is -2.04. The molecule has 0 bridgehead atoms. The molecule has 0 saturated carbocycles. The molecule has 124 valence electrons. The van der Waals surface area contributed by atoms with Gasteiger partial charge in [-0.1, -0.05) is 29.3 Å². The largest absolute Gasteiger partial charge is 0.292 e. The van der Waals surface area contributed by atoms with Crippen LogP contribution in [-0.2, 0) is 17.9 Å². The summed E-state index contributed by atoms with van der Waals surface area (Å²) in [5.41, 5.74) is 0.852. The number of carbonyl (C=O) groups excluding carboxylic acids is 1. The van der Waals surface area contributed by atoms with Gasteiger partial charge in [-0.15, -0.1) is 5.10 Å². The Bertz CT molecular complexity index is 878. The summed E-state index contributed by atoms with van der Waals surface area (Å²) < 4.78 is 3.89. The Hall–Kier alpha value is -1.90. The van der Waals surface area contributed by atoms with Gasteiger partial charge in [0, 0.05) is 16.2 Å². The second-order valence-corrected chi connectivity index (χ2v) is 6.67. The van der Waals surface area contributed by atoms with Gasteiger partial charge in [-0.3, -0.25) is 14.8 Å². The van der Waals surface area contributed by atoms with E-state index in [0.717, 1.165) is 10.0 Å². The van der Waals surface area contributed by atoms with Crippen molar-refractivity contribution in [3.05, 3.63) is 57.0 Å². The van der Waals surface area contributed by atoms with E-state index < -0.39 is 0 Å². The summed E-state index contributed by atoms with van der Waals surface area (Å²) in [6.07, 6.45) is 4.83. The molecule has 0 aliphatic carbocycles. The summed E-state index contributed by atoms with van der Waals surface area (Å²) in [5, 5.41) is 11.9. The Morgan fingerprint density at radius 3 is 2.83 bits per heavy atom. The van der Waals surface area contributed by atoms with Gasteiger partial charge < -0.3 is 0 Å². The quantitative estimate of drug-likeness (QED) is 0.675. The molecule has 0 fully saturated rings. The summed E-state index contributed by atoms with van der Waals surface area (Å²) in [7, 11) is 0. The number of carbonyl (C=O) groups is 1. The lowest BCUT2D eigenvalue weighted by Crippen LogP contribution is -2.19. The first-order chi connectivity index (χ1) is 11.5. The van der Waals surface area contributed by atoms with E-state index in [-0.39, 0.29) is 18.4 Å². The number of benzene rings is 1. The molecular formula is C14H11BrCl2N6O. The van der Waals surface area contributed by atoms with Crippen LogP contribution >= 0.6 is 39.1 Å². The molecule has 7 nitrogen and oxygen atoms in total. The number of hydrogen-bond acceptors (Lipinski definition) is 4. The van der Waals surface area contributed by atoms with Crippen molar-refractivity contribution in [2.75, 3.05) is 5.32 Å². The number of anilines is 1. The molecule has 2 heterocycles. The highest BCUT2D eigenvalue weighted by Crippen LogP contribution is 2.21. The highest BCUT2D eigenvalue weighted by Gasteiger charge is 2.09. The molecule has 24 heavy (non-hydrogen) atoms. The van der Waals surface area contributed by atoms with Crippen LogP contribution in [0.15, 0.2) is 41.4 Å². The van der Waals surface area contributed by atoms with Crippen molar-refractivity contribution < 1.29 is 4.79 Å². The fraction of sp³-hybridized carbons (Fsp3) is 0.143. The van der Waals surface area contributed by atoms with Crippen molar-refractivity contribution in [2.24, 2.45) is 0 Å². The molecule has 1 aromatic carbocycles. The van der Waals surface area contributed by atoms with Crippen LogP contribution in [0.3, 0.4) is 0 Å². The summed E-state index contributed by atoms with van der Waals surface area (Å²) in [4.78, 5) is 16.0. The number of rotatable bonds is 5. The number of nitrogens with one attached hydrogen (secondary N) is 1. The van der Waals surface area contributed by atoms with Crippen molar-refractivity contribution in [3.8, 4) is 0 Å². The Balaban J connectivity index is 1.61. The van der Waals surface area contributed by atoms with Crippen molar-refractivity contribution in [1.29, 1.82) is 0 Å². The van der Waals surface area contributed by atoms with Crippen molar-refractivity contribution in [1.82, 2.24) is 24.5 Å². The van der Waals surface area contributed by atoms with Gasteiger partial charge in [-0.05, 0) is 33.6 Å². The second-order valence-electron chi connectivity index (χ2n) is 4.91. The topological polar surface area (TPSA) is 77.6 Å². The molecule has 0 saturated heterocycles. The monoisotopic (exact) mass is 428 g/mol. The van der Waals surface area contributed by atoms with E-state index in [4.69, 9.17) is 23.2 Å². The molecule has 0 radical (unpaired) electrons. The molecule has 0 aliphatic heterocycles. The zero-order valence-corrected chi connectivity index (χ0v) is 15.3. The fourth-order valence-electron chi connectivity index (χ4n) is 1.99. The smallest absolute Gasteiger partial charge is 0.248 e. The van der Waals surface area contributed by atoms with Crippen LogP contribution in [0.2, 0.25) is 10.0 Å². The number of nitrogens with zero attached hydrogens (tertiary/aromatic N) is 5. The molecule has 1 amide bonds. The second kappa shape index (κ2) is 7.33. The average Bonchev–Trinajstić information content (AvgIpc) is 3.11. The first-order valence-electron chi connectivity index (χ1n) is 6.81. The van der Waals surface area contributed by atoms with Gasteiger partial charge in [0.1, 0.15) is 12.9 Å². The zero-order valence-electron chi connectivity index (χ0n) is 12.2. The van der Waals surface area contributed by atoms with E-state index >= 15 is 0 Å². The predicted octanol–water partition coefficient (Wildman–Crippen LogP) is 3.23. The summed E-state index contributed by atoms with van der Waals surface area (Å²) >= 11 is 15.3. The SMILES string of the molecule is O=C(Cn1cc(Br)cn1)Nc1ncn(Cc2ccc(Cl)cc2Cl)n1. The van der Waals surface area contributed by atoms with Gasteiger partial charge in [-0.2, -0.15) is 5.10 Å². The average molecular weight is 430 g/mol. The molecule has 3 aromatic rings. The Kier molecular flexibility index (Phi) is 5.17. The van der Waals surface area contributed by atoms with Crippen LogP contribution in [0.25, 0.3) is 0 Å². The molecule has 0 unspecified atom stereocenters. The van der Waals surface area contributed by atoms with E-state index in [1.807, 2.05) is 6.07 Å². The fourth-order valence-corrected chi connectivity index (χ4v) is 2.78. The van der Waals surface area contributed by atoms with Crippen LogP contribution in [0, 0.1) is 0 Å². The van der Waals surface area contributed by atoms with E-state index in [2.05, 4.69) is 36.4 Å². The molecule has 1 N–H and O–H groups in total. The number of amides is 1. The van der Waals surface area contributed by atoms with Crippen LogP contribution in [0.1, 0.15) is 5.56 Å². The van der Waals surface area contributed by atoms with Crippen LogP contribution in [-0.4, -0.2) is 30.5 Å². The van der Waals surface area contributed by atoms with E-state index in [1.54, 1.807) is 29.2 Å². The molecule has 10 heteroatoms. The van der Waals surface area contributed by atoms with Gasteiger partial charge in [0.2, 0.25) is 11.9 Å². The van der Waals surface area contributed by atoms with Crippen molar-refractivity contribution >= 4 is 51.0 Å². The maximum atomic E-state index is 11.9. The third-order valence-corrected chi connectivity index (χ3v) is 4.04. The van der Waals surface area contributed by atoms with Crippen molar-refractivity contribution in [3.63, 3.8) is 0 Å². The predicted molar refractivity (Wildman–Crippen MR) is 94.1 cm³/mol. The van der Waals surface area contributed by atoms with Crippen LogP contribution in [0.4, 0.5) is 5.95 Å². The van der Waals surface area contributed by atoms with Gasteiger partial charge >= 0.3 is 0 Å². The lowest BCUT2D eigenvalue weighted by molar-refractivity contribution is -0.116.